The van der Waals surface area contributed by atoms with E-state index in [1.165, 1.54) is 16.2 Å². The van der Waals surface area contributed by atoms with Crippen molar-refractivity contribution < 1.29 is 14.9 Å². The second-order valence-electron chi connectivity index (χ2n) is 7.25. The fourth-order valence-corrected chi connectivity index (χ4v) is 3.09. The molecule has 0 unspecified atom stereocenters. The summed E-state index contributed by atoms with van der Waals surface area (Å²) in [6.45, 7) is 4.46. The molecule has 162 valence electrons. The van der Waals surface area contributed by atoms with Crippen LogP contribution in [0, 0.1) is 13.8 Å². The molecule has 2 heterocycles. The minimum Gasteiger partial charge on any atom is -0.491 e. The number of aromatic nitrogens is 4. The Bertz CT molecular complexity index is 1150. The molecule has 3 rings (SSSR count). The maximum absolute atomic E-state index is 12.4. The molecule has 0 fully saturated rings. The van der Waals surface area contributed by atoms with Crippen LogP contribution in [0.4, 0.5) is 5.95 Å². The van der Waals surface area contributed by atoms with E-state index in [9.17, 15) is 14.7 Å². The number of nitrogens with zero attached hydrogens (tertiary/aromatic N) is 3. The van der Waals surface area contributed by atoms with E-state index in [0.717, 1.165) is 11.1 Å². The summed E-state index contributed by atoms with van der Waals surface area (Å²) < 4.78 is 8.46. The quantitative estimate of drug-likeness (QED) is 0.367. The van der Waals surface area contributed by atoms with E-state index in [1.54, 1.807) is 0 Å². The van der Waals surface area contributed by atoms with Crippen LogP contribution in [0.3, 0.4) is 0 Å². The molecule has 3 aromatic rings. The number of imidazole rings is 1. The molecule has 0 saturated carbocycles. The van der Waals surface area contributed by atoms with E-state index in [4.69, 9.17) is 9.84 Å². The largest absolute Gasteiger partial charge is 0.491 e. The van der Waals surface area contributed by atoms with Crippen LogP contribution in [0.15, 0.2) is 27.8 Å². The molecule has 4 N–H and O–H groups in total. The number of aliphatic hydroxyl groups excluding tert-OH is 2. The number of hydrogen-bond acceptors (Lipinski definition) is 7. The van der Waals surface area contributed by atoms with Crippen molar-refractivity contribution in [2.75, 3.05) is 25.1 Å². The number of fused-ring (bicyclic) bond motifs is 1. The number of aryl methyl sites for hydroxylation is 3. The van der Waals surface area contributed by atoms with Gasteiger partial charge in [0.25, 0.3) is 5.56 Å². The molecule has 0 radical (unpaired) electrons. The van der Waals surface area contributed by atoms with Crippen molar-refractivity contribution >= 4 is 17.1 Å². The summed E-state index contributed by atoms with van der Waals surface area (Å²) in [4.78, 5) is 31.0. The molecule has 0 aliphatic rings. The number of aromatic amines is 1. The maximum Gasteiger partial charge on any atom is 0.329 e. The van der Waals surface area contributed by atoms with E-state index in [2.05, 4.69) is 15.3 Å². The summed E-state index contributed by atoms with van der Waals surface area (Å²) in [6, 6.07) is 5.69. The smallest absolute Gasteiger partial charge is 0.329 e. The zero-order valence-corrected chi connectivity index (χ0v) is 17.3. The second kappa shape index (κ2) is 9.14. The Labute approximate surface area is 172 Å². The van der Waals surface area contributed by atoms with Crippen molar-refractivity contribution in [3.8, 4) is 5.75 Å². The van der Waals surface area contributed by atoms with E-state index < -0.39 is 17.4 Å². The van der Waals surface area contributed by atoms with Gasteiger partial charge in [-0.1, -0.05) is 6.07 Å². The average Bonchev–Trinajstić information content (AvgIpc) is 3.06. The standard InChI is InChI=1S/C20H27N5O5/c1-12-5-6-15(9-13(12)2)30-11-14(27)10-25-16-17(22-19(25)21-7-4-8-26)24(3)20(29)23-18(16)28/h5-6,9,14,26-27H,4,7-8,10-11H2,1-3H3,(H,21,22)(H,23,28,29)/t14-/m1/s1. The van der Waals surface area contributed by atoms with Gasteiger partial charge in [-0.2, -0.15) is 4.98 Å². The van der Waals surface area contributed by atoms with Crippen molar-refractivity contribution in [3.05, 3.63) is 50.2 Å². The molecular weight excluding hydrogens is 390 g/mol. The topological polar surface area (TPSA) is 134 Å². The first-order valence-corrected chi connectivity index (χ1v) is 9.74. The van der Waals surface area contributed by atoms with E-state index in [0.29, 0.717) is 24.7 Å². The van der Waals surface area contributed by atoms with Crippen LogP contribution in [-0.4, -0.2) is 55.2 Å². The molecule has 10 nitrogen and oxygen atoms in total. The summed E-state index contributed by atoms with van der Waals surface area (Å²) in [5.74, 6) is 0.976. The Kier molecular flexibility index (Phi) is 6.58. The molecule has 0 amide bonds. The molecule has 30 heavy (non-hydrogen) atoms. The molecule has 2 aromatic heterocycles. The highest BCUT2D eigenvalue weighted by Crippen LogP contribution is 2.18. The first-order chi connectivity index (χ1) is 14.3. The van der Waals surface area contributed by atoms with Crippen LogP contribution in [0.25, 0.3) is 11.2 Å². The molecule has 0 spiro atoms. The number of rotatable bonds is 9. The molecule has 1 aromatic carbocycles. The van der Waals surface area contributed by atoms with Crippen LogP contribution in [0.2, 0.25) is 0 Å². The SMILES string of the molecule is Cc1ccc(OC[C@H](O)Cn2c(NCCCO)nc3c2c(=O)[nH]c(=O)n3C)cc1C. The fourth-order valence-electron chi connectivity index (χ4n) is 3.09. The Balaban J connectivity index is 1.86. The van der Waals surface area contributed by atoms with Crippen LogP contribution in [0.1, 0.15) is 17.5 Å². The predicted octanol–water partition coefficient (Wildman–Crippen LogP) is 0.274. The van der Waals surface area contributed by atoms with E-state index in [-0.39, 0.29) is 30.9 Å². The Morgan fingerprint density at radius 1 is 1.27 bits per heavy atom. The summed E-state index contributed by atoms with van der Waals surface area (Å²) >= 11 is 0. The van der Waals surface area contributed by atoms with Gasteiger partial charge in [0.2, 0.25) is 5.95 Å². The third-order valence-electron chi connectivity index (χ3n) is 4.94. The number of nitrogens with one attached hydrogen (secondary N) is 2. The summed E-state index contributed by atoms with van der Waals surface area (Å²) in [7, 11) is 1.51. The number of benzene rings is 1. The molecule has 0 aliphatic carbocycles. The van der Waals surface area contributed by atoms with Crippen molar-refractivity contribution in [2.45, 2.75) is 32.9 Å². The highest BCUT2D eigenvalue weighted by Gasteiger charge is 2.19. The normalized spacial score (nSPS) is 12.3. The molecule has 1 atom stereocenters. The zero-order valence-electron chi connectivity index (χ0n) is 17.3. The maximum atomic E-state index is 12.4. The van der Waals surface area contributed by atoms with Crippen LogP contribution < -0.4 is 21.3 Å². The summed E-state index contributed by atoms with van der Waals surface area (Å²) in [5, 5.41) is 22.6. The van der Waals surface area contributed by atoms with E-state index >= 15 is 0 Å². The lowest BCUT2D eigenvalue weighted by atomic mass is 10.1. The van der Waals surface area contributed by atoms with Gasteiger partial charge in [0, 0.05) is 20.2 Å². The van der Waals surface area contributed by atoms with Gasteiger partial charge in [0.05, 0.1) is 6.54 Å². The molecule has 0 aliphatic heterocycles. The molecule has 10 heteroatoms. The van der Waals surface area contributed by atoms with Gasteiger partial charge in [-0.3, -0.25) is 14.3 Å². The summed E-state index contributed by atoms with van der Waals surface area (Å²) in [5.41, 5.74) is 1.46. The van der Waals surface area contributed by atoms with Crippen molar-refractivity contribution in [3.63, 3.8) is 0 Å². The number of aliphatic hydroxyl groups is 2. The first kappa shape index (κ1) is 21.6. The van der Waals surface area contributed by atoms with Crippen molar-refractivity contribution in [2.24, 2.45) is 7.05 Å². The molecule has 0 saturated heterocycles. The monoisotopic (exact) mass is 417 g/mol. The Hall–Kier alpha value is -3.11. The van der Waals surface area contributed by atoms with Crippen molar-refractivity contribution in [1.29, 1.82) is 0 Å². The lowest BCUT2D eigenvalue weighted by Gasteiger charge is -2.16. The number of ether oxygens (including phenoxy) is 1. The predicted molar refractivity (Wildman–Crippen MR) is 113 cm³/mol. The zero-order chi connectivity index (χ0) is 21.8. The average molecular weight is 417 g/mol. The van der Waals surface area contributed by atoms with Gasteiger partial charge in [-0.25, -0.2) is 4.79 Å². The van der Waals surface area contributed by atoms with Crippen LogP contribution in [-0.2, 0) is 13.6 Å². The number of H-pyrrole nitrogens is 1. The third-order valence-corrected chi connectivity index (χ3v) is 4.94. The van der Waals surface area contributed by atoms with Gasteiger partial charge < -0.3 is 24.8 Å². The minimum absolute atomic E-state index is 0.00126. The van der Waals surface area contributed by atoms with Crippen molar-refractivity contribution in [1.82, 2.24) is 19.1 Å². The highest BCUT2D eigenvalue weighted by atomic mass is 16.5. The van der Waals surface area contributed by atoms with E-state index in [1.807, 2.05) is 32.0 Å². The van der Waals surface area contributed by atoms with Crippen LogP contribution >= 0.6 is 0 Å². The highest BCUT2D eigenvalue weighted by molar-refractivity contribution is 5.74. The van der Waals surface area contributed by atoms with Gasteiger partial charge in [-0.05, 0) is 43.5 Å². The summed E-state index contributed by atoms with van der Waals surface area (Å²) in [6.07, 6.45) is -0.448. The minimum atomic E-state index is -0.931. The van der Waals surface area contributed by atoms with Gasteiger partial charge >= 0.3 is 5.69 Å². The lowest BCUT2D eigenvalue weighted by Crippen LogP contribution is -2.31. The Morgan fingerprint density at radius 3 is 2.73 bits per heavy atom. The lowest BCUT2D eigenvalue weighted by molar-refractivity contribution is 0.0938. The Morgan fingerprint density at radius 2 is 2.03 bits per heavy atom. The number of hydrogen-bond donors (Lipinski definition) is 4. The molecule has 0 bridgehead atoms. The first-order valence-electron chi connectivity index (χ1n) is 9.74. The van der Waals surface area contributed by atoms with Gasteiger partial charge in [0.1, 0.15) is 18.5 Å². The third kappa shape index (κ3) is 4.55. The van der Waals surface area contributed by atoms with Crippen LogP contribution in [0.5, 0.6) is 5.75 Å². The fraction of sp³-hybridized carbons (Fsp3) is 0.450. The second-order valence-corrected chi connectivity index (χ2v) is 7.25. The number of anilines is 1. The van der Waals surface area contributed by atoms with Gasteiger partial charge in [-0.15, -0.1) is 0 Å². The molecular formula is C20H27N5O5. The van der Waals surface area contributed by atoms with Gasteiger partial charge in [0.15, 0.2) is 11.2 Å².